The van der Waals surface area contributed by atoms with E-state index in [1.54, 1.807) is 52.6 Å². The maximum Gasteiger partial charge on any atom is 0.294 e. The van der Waals surface area contributed by atoms with Gasteiger partial charge in [-0.1, -0.05) is 0 Å². The number of anilines is 1. The van der Waals surface area contributed by atoms with Gasteiger partial charge >= 0.3 is 0 Å². The summed E-state index contributed by atoms with van der Waals surface area (Å²) in [7, 11) is 6.24. The van der Waals surface area contributed by atoms with Crippen molar-refractivity contribution in [1.82, 2.24) is 4.90 Å². The molecular weight excluding hydrogens is 272 g/mol. The second-order valence-electron chi connectivity index (χ2n) is 4.88. The Morgan fingerprint density at radius 1 is 1.10 bits per heavy atom. The van der Waals surface area contributed by atoms with Gasteiger partial charge in [0.05, 0.1) is 6.04 Å². The van der Waals surface area contributed by atoms with Gasteiger partial charge in [0.2, 0.25) is 5.78 Å². The summed E-state index contributed by atoms with van der Waals surface area (Å²) >= 11 is 0. The Kier molecular flexibility index (Phi) is 6.33. The van der Waals surface area contributed by atoms with Crippen LogP contribution in [0, 0.1) is 0 Å². The molecule has 0 heterocycles. The molecule has 0 fully saturated rings. The molecule has 0 aliphatic heterocycles. The molecule has 1 aromatic rings. The van der Waals surface area contributed by atoms with E-state index in [1.165, 1.54) is 4.90 Å². The van der Waals surface area contributed by atoms with Crippen molar-refractivity contribution in [2.75, 3.05) is 33.6 Å². The Bertz CT molecular complexity index is 481. The topological polar surface area (TPSA) is 67.9 Å². The molecular formula is C15H22N2O4. The molecule has 1 rings (SSSR count). The van der Waals surface area contributed by atoms with Crippen molar-refractivity contribution in [3.63, 3.8) is 0 Å². The first-order valence-electron chi connectivity index (χ1n) is 6.58. The minimum Gasteiger partial charge on any atom is -0.377 e. The summed E-state index contributed by atoms with van der Waals surface area (Å²) in [4.78, 5) is 24.7. The summed E-state index contributed by atoms with van der Waals surface area (Å²) in [6.45, 7) is 1.92. The smallest absolute Gasteiger partial charge is 0.294 e. The van der Waals surface area contributed by atoms with E-state index in [1.807, 2.05) is 6.92 Å². The number of nitrogens with one attached hydrogen (secondary N) is 1. The van der Waals surface area contributed by atoms with Crippen LogP contribution in [0.25, 0.3) is 0 Å². The van der Waals surface area contributed by atoms with Crippen LogP contribution in [0.3, 0.4) is 0 Å². The maximum atomic E-state index is 11.9. The number of hydrogen-bond acceptors (Lipinski definition) is 5. The number of nitrogens with zero attached hydrogens (tertiary/aromatic N) is 1. The van der Waals surface area contributed by atoms with Gasteiger partial charge < -0.3 is 19.7 Å². The van der Waals surface area contributed by atoms with Gasteiger partial charge in [-0.15, -0.1) is 0 Å². The third kappa shape index (κ3) is 4.54. The molecule has 6 heteroatoms. The van der Waals surface area contributed by atoms with E-state index in [-0.39, 0.29) is 12.3 Å². The van der Waals surface area contributed by atoms with Crippen molar-refractivity contribution in [2.45, 2.75) is 19.3 Å². The molecule has 0 saturated heterocycles. The van der Waals surface area contributed by atoms with Crippen LogP contribution in [0.2, 0.25) is 0 Å². The van der Waals surface area contributed by atoms with Crippen molar-refractivity contribution in [1.29, 1.82) is 0 Å². The van der Waals surface area contributed by atoms with Gasteiger partial charge in [-0.2, -0.15) is 0 Å². The first-order valence-corrected chi connectivity index (χ1v) is 6.58. The number of benzene rings is 1. The summed E-state index contributed by atoms with van der Waals surface area (Å²) in [5, 5.41) is 3.21. The first-order chi connectivity index (χ1) is 9.90. The Morgan fingerprint density at radius 2 is 1.62 bits per heavy atom. The lowest BCUT2D eigenvalue weighted by atomic mass is 10.1. The van der Waals surface area contributed by atoms with Crippen molar-refractivity contribution in [2.24, 2.45) is 0 Å². The number of methoxy groups -OCH3 is 2. The predicted octanol–water partition coefficient (Wildman–Crippen LogP) is 1.38. The third-order valence-corrected chi connectivity index (χ3v) is 3.01. The zero-order chi connectivity index (χ0) is 16.0. The highest BCUT2D eigenvalue weighted by atomic mass is 16.7. The molecule has 0 bridgehead atoms. The molecule has 6 nitrogen and oxygen atoms in total. The van der Waals surface area contributed by atoms with Gasteiger partial charge in [-0.25, -0.2) is 0 Å². The van der Waals surface area contributed by atoms with E-state index < -0.39 is 11.7 Å². The van der Waals surface area contributed by atoms with Crippen LogP contribution in [-0.2, 0) is 14.3 Å². The fourth-order valence-electron chi connectivity index (χ4n) is 1.88. The number of rotatable bonds is 7. The fourth-order valence-corrected chi connectivity index (χ4v) is 1.88. The normalized spacial score (nSPS) is 12.1. The first kappa shape index (κ1) is 17.1. The molecule has 0 aromatic heterocycles. The van der Waals surface area contributed by atoms with Crippen molar-refractivity contribution in [3.8, 4) is 0 Å². The predicted molar refractivity (Wildman–Crippen MR) is 80.4 cm³/mol. The summed E-state index contributed by atoms with van der Waals surface area (Å²) in [5.74, 6) is -1.06. The van der Waals surface area contributed by atoms with Gasteiger partial charge in [0, 0.05) is 39.6 Å². The standard InChI is InChI=1S/C15H22N2O4/c1-10(15(20-4)21-5)16-12-8-6-11(7-9-12)13(18)14(19)17(2)3/h6-10,15-16H,1-5H3. The summed E-state index contributed by atoms with van der Waals surface area (Å²) < 4.78 is 10.3. The Morgan fingerprint density at radius 3 is 2.05 bits per heavy atom. The lowest BCUT2D eigenvalue weighted by Crippen LogP contribution is -2.33. The van der Waals surface area contributed by atoms with E-state index in [2.05, 4.69) is 5.32 Å². The highest BCUT2D eigenvalue weighted by molar-refractivity contribution is 6.42. The van der Waals surface area contributed by atoms with Gasteiger partial charge in [-0.05, 0) is 31.2 Å². The van der Waals surface area contributed by atoms with Crippen LogP contribution >= 0.6 is 0 Å². The van der Waals surface area contributed by atoms with Gasteiger partial charge in [0.15, 0.2) is 6.29 Å². The van der Waals surface area contributed by atoms with Crippen molar-refractivity contribution in [3.05, 3.63) is 29.8 Å². The second-order valence-corrected chi connectivity index (χ2v) is 4.88. The van der Waals surface area contributed by atoms with Crippen molar-refractivity contribution < 1.29 is 19.1 Å². The Hall–Kier alpha value is -1.92. The van der Waals surface area contributed by atoms with Crippen molar-refractivity contribution >= 4 is 17.4 Å². The zero-order valence-electron chi connectivity index (χ0n) is 13.0. The number of hydrogen-bond donors (Lipinski definition) is 1. The zero-order valence-corrected chi connectivity index (χ0v) is 13.0. The SMILES string of the molecule is COC(OC)C(C)Nc1ccc(C(=O)C(=O)N(C)C)cc1. The van der Waals surface area contributed by atoms with Crippen LogP contribution in [0.15, 0.2) is 24.3 Å². The van der Waals surface area contributed by atoms with E-state index in [4.69, 9.17) is 9.47 Å². The minimum atomic E-state index is -0.539. The maximum absolute atomic E-state index is 11.9. The molecule has 21 heavy (non-hydrogen) atoms. The Balaban J connectivity index is 2.74. The van der Waals surface area contributed by atoms with Crippen LogP contribution in [0.1, 0.15) is 17.3 Å². The van der Waals surface area contributed by atoms with Gasteiger partial charge in [0.1, 0.15) is 0 Å². The number of Topliss-reactive ketones (excluding diaryl/α,β-unsaturated/α-hetero) is 1. The average Bonchev–Trinajstić information content (AvgIpc) is 2.47. The second kappa shape index (κ2) is 7.75. The lowest BCUT2D eigenvalue weighted by Gasteiger charge is -2.23. The van der Waals surface area contributed by atoms with Crippen LogP contribution in [0.5, 0.6) is 0 Å². The third-order valence-electron chi connectivity index (χ3n) is 3.01. The van der Waals surface area contributed by atoms with Crippen LogP contribution in [0.4, 0.5) is 5.69 Å². The highest BCUT2D eigenvalue weighted by Gasteiger charge is 2.18. The van der Waals surface area contributed by atoms with Gasteiger partial charge in [0.25, 0.3) is 5.91 Å². The summed E-state index contributed by atoms with van der Waals surface area (Å²) in [6, 6.07) is 6.66. The quantitative estimate of drug-likeness (QED) is 0.467. The molecule has 1 amide bonds. The molecule has 1 unspecified atom stereocenters. The van der Waals surface area contributed by atoms with Crippen LogP contribution in [-0.4, -0.2) is 57.2 Å². The molecule has 1 N–H and O–H groups in total. The molecule has 1 atom stereocenters. The summed E-state index contributed by atoms with van der Waals surface area (Å²) in [6.07, 6.45) is -0.373. The number of amides is 1. The molecule has 0 saturated carbocycles. The van der Waals surface area contributed by atoms with Gasteiger partial charge in [-0.3, -0.25) is 9.59 Å². The molecule has 0 spiro atoms. The fraction of sp³-hybridized carbons (Fsp3) is 0.467. The molecule has 1 aromatic carbocycles. The molecule has 0 radical (unpaired) electrons. The lowest BCUT2D eigenvalue weighted by molar-refractivity contribution is -0.124. The molecule has 116 valence electrons. The molecule has 0 aliphatic rings. The number of likely N-dealkylation sites (N-methyl/N-ethyl adjacent to an activating group) is 1. The molecule has 0 aliphatic carbocycles. The number of ketones is 1. The number of carbonyl (C=O) groups excluding carboxylic acids is 2. The van der Waals surface area contributed by atoms with E-state index >= 15 is 0 Å². The summed E-state index contributed by atoms with van der Waals surface area (Å²) in [5.41, 5.74) is 1.18. The van der Waals surface area contributed by atoms with E-state index in [9.17, 15) is 9.59 Å². The average molecular weight is 294 g/mol. The largest absolute Gasteiger partial charge is 0.377 e. The van der Waals surface area contributed by atoms with E-state index in [0.717, 1.165) is 5.69 Å². The Labute approximate surface area is 125 Å². The number of ether oxygens (including phenoxy) is 2. The highest BCUT2D eigenvalue weighted by Crippen LogP contribution is 2.14. The minimum absolute atomic E-state index is 0.0649. The van der Waals surface area contributed by atoms with E-state index in [0.29, 0.717) is 5.56 Å². The van der Waals surface area contributed by atoms with Crippen LogP contribution < -0.4 is 5.32 Å². The monoisotopic (exact) mass is 294 g/mol. The number of carbonyl (C=O) groups is 2.